The molecule has 0 spiro atoms. The normalized spacial score (nSPS) is 28.9. The highest BCUT2D eigenvalue weighted by molar-refractivity contribution is 8.16. The smallest absolute Gasteiger partial charge is 0.182 e. The van der Waals surface area contributed by atoms with Gasteiger partial charge in [0.25, 0.3) is 0 Å². The summed E-state index contributed by atoms with van der Waals surface area (Å²) >= 11 is 2.96. The van der Waals surface area contributed by atoms with Gasteiger partial charge in [-0.15, -0.1) is 11.8 Å². The van der Waals surface area contributed by atoms with Crippen molar-refractivity contribution in [1.82, 2.24) is 4.98 Å². The molecule has 1 aromatic heterocycles. The van der Waals surface area contributed by atoms with Crippen molar-refractivity contribution >= 4 is 40.6 Å². The topological polar surface area (TPSA) is 102 Å². The highest BCUT2D eigenvalue weighted by Crippen LogP contribution is 2.33. The fraction of sp³-hybridized carbons (Fsp3) is 0.273. The second kappa shape index (κ2) is 4.71. The van der Waals surface area contributed by atoms with Crippen molar-refractivity contribution in [2.24, 2.45) is 26.4 Å². The van der Waals surface area contributed by atoms with Crippen LogP contribution < -0.4 is 11.5 Å². The summed E-state index contributed by atoms with van der Waals surface area (Å²) < 4.78 is 0. The number of hydrogen-bond donors (Lipinski definition) is 2. The van der Waals surface area contributed by atoms with Crippen molar-refractivity contribution in [2.75, 3.05) is 6.26 Å². The first-order valence-electron chi connectivity index (χ1n) is 5.55. The lowest BCUT2D eigenvalue weighted by Crippen LogP contribution is -2.47. The number of fused-ring (bicyclic) bond motifs is 1. The number of hydrogen-bond acceptors (Lipinski definition) is 8. The Balaban J connectivity index is 2.04. The molecule has 0 aromatic carbocycles. The molecule has 2 aliphatic rings. The van der Waals surface area contributed by atoms with E-state index < -0.39 is 5.66 Å². The highest BCUT2D eigenvalue weighted by Gasteiger charge is 2.42. The first kappa shape index (κ1) is 12.8. The Morgan fingerprint density at radius 2 is 2.26 bits per heavy atom. The Bertz CT molecular complexity index is 594. The van der Waals surface area contributed by atoms with Crippen molar-refractivity contribution in [3.63, 3.8) is 0 Å². The van der Waals surface area contributed by atoms with E-state index in [1.807, 2.05) is 18.4 Å². The third-order valence-electron chi connectivity index (χ3n) is 2.87. The molecule has 0 radical (unpaired) electrons. The average Bonchev–Trinajstić information content (AvgIpc) is 2.81. The van der Waals surface area contributed by atoms with Crippen LogP contribution in [0.5, 0.6) is 0 Å². The zero-order valence-corrected chi connectivity index (χ0v) is 11.8. The highest BCUT2D eigenvalue weighted by atomic mass is 32.2. The SMILES string of the molecule is CSc1ccc(C2(N)N=CN=C3SC(N)N=C32)cn1. The second-order valence-electron chi connectivity index (χ2n) is 4.02. The number of thioether (sulfide) groups is 2. The lowest BCUT2D eigenvalue weighted by Gasteiger charge is -2.27. The third kappa shape index (κ3) is 2.10. The van der Waals surface area contributed by atoms with Crippen molar-refractivity contribution in [3.05, 3.63) is 23.9 Å². The molecule has 3 rings (SSSR count). The zero-order valence-electron chi connectivity index (χ0n) is 10.1. The van der Waals surface area contributed by atoms with Crippen LogP contribution in [0.2, 0.25) is 0 Å². The molecular formula is C11H12N6S2. The van der Waals surface area contributed by atoms with Gasteiger partial charge in [0.15, 0.2) is 11.2 Å². The van der Waals surface area contributed by atoms with Crippen LogP contribution in [0.4, 0.5) is 0 Å². The molecule has 0 saturated heterocycles. The van der Waals surface area contributed by atoms with Crippen LogP contribution in [0, 0.1) is 0 Å². The fourth-order valence-corrected chi connectivity index (χ4v) is 3.08. The van der Waals surface area contributed by atoms with Crippen LogP contribution in [0.15, 0.2) is 38.3 Å². The summed E-state index contributed by atoms with van der Waals surface area (Å²) in [7, 11) is 0. The van der Waals surface area contributed by atoms with Crippen molar-refractivity contribution in [1.29, 1.82) is 0 Å². The predicted octanol–water partition coefficient (Wildman–Crippen LogP) is 0.786. The molecule has 3 heterocycles. The van der Waals surface area contributed by atoms with Gasteiger partial charge in [-0.25, -0.2) is 15.0 Å². The summed E-state index contributed by atoms with van der Waals surface area (Å²) in [6.07, 6.45) is 5.16. The summed E-state index contributed by atoms with van der Waals surface area (Å²) in [5, 5.41) is 1.67. The molecule has 2 unspecified atom stereocenters. The van der Waals surface area contributed by atoms with Gasteiger partial charge < -0.3 is 5.73 Å². The quantitative estimate of drug-likeness (QED) is 0.784. The Hall–Kier alpha value is -1.22. The molecular weight excluding hydrogens is 280 g/mol. The summed E-state index contributed by atoms with van der Waals surface area (Å²) in [5.41, 5.74) is 12.2. The molecule has 0 amide bonds. The zero-order chi connectivity index (χ0) is 13.5. The molecule has 0 saturated carbocycles. The average molecular weight is 292 g/mol. The van der Waals surface area contributed by atoms with E-state index in [-0.39, 0.29) is 5.50 Å². The van der Waals surface area contributed by atoms with Crippen LogP contribution in [0.1, 0.15) is 5.56 Å². The molecule has 0 aliphatic carbocycles. The number of aromatic nitrogens is 1. The molecule has 19 heavy (non-hydrogen) atoms. The van der Waals surface area contributed by atoms with E-state index in [4.69, 9.17) is 11.5 Å². The Morgan fingerprint density at radius 3 is 2.95 bits per heavy atom. The summed E-state index contributed by atoms with van der Waals surface area (Å²) in [6, 6.07) is 3.83. The first-order valence-corrected chi connectivity index (χ1v) is 7.66. The van der Waals surface area contributed by atoms with Crippen LogP contribution in [-0.2, 0) is 5.66 Å². The maximum Gasteiger partial charge on any atom is 0.182 e. The van der Waals surface area contributed by atoms with Gasteiger partial charge >= 0.3 is 0 Å². The van der Waals surface area contributed by atoms with E-state index in [9.17, 15) is 0 Å². The van der Waals surface area contributed by atoms with Gasteiger partial charge in [-0.05, 0) is 12.3 Å². The Kier molecular flexibility index (Phi) is 3.17. The van der Waals surface area contributed by atoms with E-state index in [0.29, 0.717) is 5.71 Å². The van der Waals surface area contributed by atoms with Gasteiger partial charge in [-0.1, -0.05) is 17.8 Å². The monoisotopic (exact) mass is 292 g/mol. The lowest BCUT2D eigenvalue weighted by atomic mass is 9.97. The van der Waals surface area contributed by atoms with Crippen molar-refractivity contribution < 1.29 is 0 Å². The van der Waals surface area contributed by atoms with E-state index in [1.165, 1.54) is 18.1 Å². The molecule has 6 nitrogen and oxygen atoms in total. The number of pyridine rings is 1. The standard InChI is InChI=1S/C11H12N6S2/c1-18-7-3-2-6(4-14-7)11(13)8-9(15-5-16-11)19-10(12)17-8/h2-5,10H,12-13H2,1H3. The Morgan fingerprint density at radius 1 is 1.42 bits per heavy atom. The second-order valence-corrected chi connectivity index (χ2v) is 5.95. The van der Waals surface area contributed by atoms with E-state index in [1.54, 1.807) is 18.0 Å². The minimum absolute atomic E-state index is 0.364. The van der Waals surface area contributed by atoms with E-state index >= 15 is 0 Å². The van der Waals surface area contributed by atoms with Crippen LogP contribution in [-0.4, -0.2) is 33.8 Å². The van der Waals surface area contributed by atoms with Gasteiger partial charge in [0.05, 0.1) is 5.03 Å². The molecule has 4 N–H and O–H groups in total. The minimum atomic E-state index is -1.04. The number of nitrogens with zero attached hydrogens (tertiary/aromatic N) is 4. The van der Waals surface area contributed by atoms with Crippen LogP contribution in [0.25, 0.3) is 0 Å². The van der Waals surface area contributed by atoms with Crippen molar-refractivity contribution in [2.45, 2.75) is 16.2 Å². The maximum atomic E-state index is 6.39. The van der Waals surface area contributed by atoms with Gasteiger partial charge in [0, 0.05) is 11.8 Å². The van der Waals surface area contributed by atoms with Gasteiger partial charge in [-0.2, -0.15) is 0 Å². The number of aliphatic imine (C=N–C) groups is 3. The molecule has 1 aromatic rings. The molecule has 0 bridgehead atoms. The van der Waals surface area contributed by atoms with Crippen molar-refractivity contribution in [3.8, 4) is 0 Å². The Labute approximate surface area is 118 Å². The molecule has 98 valence electrons. The lowest BCUT2D eigenvalue weighted by molar-refractivity contribution is 0.638. The van der Waals surface area contributed by atoms with Crippen LogP contribution >= 0.6 is 23.5 Å². The molecule has 2 aliphatic heterocycles. The van der Waals surface area contributed by atoms with Gasteiger partial charge in [0.1, 0.15) is 17.1 Å². The van der Waals surface area contributed by atoms with E-state index in [0.717, 1.165) is 15.6 Å². The number of nitrogens with two attached hydrogens (primary N) is 2. The third-order valence-corrected chi connectivity index (χ3v) is 4.40. The molecule has 8 heteroatoms. The van der Waals surface area contributed by atoms with Crippen LogP contribution in [0.3, 0.4) is 0 Å². The fourth-order valence-electron chi connectivity index (χ4n) is 1.90. The summed E-state index contributed by atoms with van der Waals surface area (Å²) in [4.78, 5) is 17.1. The van der Waals surface area contributed by atoms with Gasteiger partial charge in [0.2, 0.25) is 0 Å². The predicted molar refractivity (Wildman–Crippen MR) is 80.8 cm³/mol. The van der Waals surface area contributed by atoms with Gasteiger partial charge in [-0.3, -0.25) is 10.7 Å². The number of rotatable bonds is 2. The van der Waals surface area contributed by atoms with E-state index in [2.05, 4.69) is 20.0 Å². The first-order chi connectivity index (χ1) is 9.13. The molecule has 2 atom stereocenters. The summed E-state index contributed by atoms with van der Waals surface area (Å²) in [5.74, 6) is 0. The minimum Gasteiger partial charge on any atom is -0.301 e. The summed E-state index contributed by atoms with van der Waals surface area (Å²) in [6.45, 7) is 0. The molecule has 0 fully saturated rings. The maximum absolute atomic E-state index is 6.39. The largest absolute Gasteiger partial charge is 0.301 e.